The molecular formula is C21H24N2O6S. The topological polar surface area (TPSA) is 94.2 Å². The minimum absolute atomic E-state index is 0.132. The van der Waals surface area contributed by atoms with E-state index in [4.69, 9.17) is 14.2 Å². The minimum Gasteiger partial charge on any atom is -0.454 e. The van der Waals surface area contributed by atoms with Gasteiger partial charge in [-0.05, 0) is 36.1 Å². The van der Waals surface area contributed by atoms with Gasteiger partial charge >= 0.3 is 6.09 Å². The minimum atomic E-state index is -3.53. The number of sulfonamides is 1. The van der Waals surface area contributed by atoms with E-state index in [1.165, 1.54) is 4.90 Å². The summed E-state index contributed by atoms with van der Waals surface area (Å²) in [5.74, 6) is 1.38. The summed E-state index contributed by atoms with van der Waals surface area (Å²) < 4.78 is 43.8. The molecular weight excluding hydrogens is 408 g/mol. The van der Waals surface area contributed by atoms with Crippen LogP contribution in [0.5, 0.6) is 11.5 Å². The van der Waals surface area contributed by atoms with Crippen LogP contribution in [0.1, 0.15) is 17.5 Å². The predicted molar refractivity (Wildman–Crippen MR) is 110 cm³/mol. The van der Waals surface area contributed by atoms with E-state index in [1.54, 1.807) is 0 Å². The molecule has 2 aromatic rings. The Balaban J connectivity index is 1.24. The first-order valence-electron chi connectivity index (χ1n) is 9.84. The zero-order valence-corrected chi connectivity index (χ0v) is 17.3. The smallest absolute Gasteiger partial charge is 0.410 e. The van der Waals surface area contributed by atoms with Gasteiger partial charge < -0.3 is 19.1 Å². The van der Waals surface area contributed by atoms with Gasteiger partial charge in [-0.1, -0.05) is 36.4 Å². The van der Waals surface area contributed by atoms with Gasteiger partial charge in [0.2, 0.25) is 16.8 Å². The SMILES string of the molecule is O=C(OCc1ccccc1)N1CCC(S(=O)(=O)NCCc2ccc3c(c2)OCO3)C1. The Morgan fingerprint density at radius 2 is 1.90 bits per heavy atom. The predicted octanol–water partition coefficient (Wildman–Crippen LogP) is 2.29. The fraction of sp³-hybridized carbons (Fsp3) is 0.381. The van der Waals surface area contributed by atoms with Gasteiger partial charge in [-0.15, -0.1) is 0 Å². The zero-order valence-electron chi connectivity index (χ0n) is 16.5. The number of rotatable bonds is 7. The quantitative estimate of drug-likeness (QED) is 0.722. The summed E-state index contributed by atoms with van der Waals surface area (Å²) in [4.78, 5) is 13.7. The highest BCUT2D eigenvalue weighted by molar-refractivity contribution is 7.90. The third kappa shape index (κ3) is 4.85. The van der Waals surface area contributed by atoms with E-state index in [0.29, 0.717) is 30.9 Å². The molecule has 0 bridgehead atoms. The lowest BCUT2D eigenvalue weighted by atomic mass is 10.1. The number of nitrogens with one attached hydrogen (secondary N) is 1. The van der Waals surface area contributed by atoms with Crippen molar-refractivity contribution in [2.75, 3.05) is 26.4 Å². The van der Waals surface area contributed by atoms with Crippen molar-refractivity contribution in [3.05, 3.63) is 59.7 Å². The highest BCUT2D eigenvalue weighted by Gasteiger charge is 2.35. The summed E-state index contributed by atoms with van der Waals surface area (Å²) in [5.41, 5.74) is 1.85. The van der Waals surface area contributed by atoms with E-state index in [1.807, 2.05) is 48.5 Å². The average molecular weight is 432 g/mol. The molecule has 0 spiro atoms. The monoisotopic (exact) mass is 432 g/mol. The summed E-state index contributed by atoms with van der Waals surface area (Å²) in [5, 5.41) is -0.640. The largest absolute Gasteiger partial charge is 0.454 e. The first-order chi connectivity index (χ1) is 14.5. The Labute approximate surface area is 175 Å². The Morgan fingerprint density at radius 1 is 1.10 bits per heavy atom. The number of carbonyl (C=O) groups excluding carboxylic acids is 1. The molecule has 9 heteroatoms. The third-order valence-corrected chi connectivity index (χ3v) is 7.07. The maximum Gasteiger partial charge on any atom is 0.410 e. The first-order valence-corrected chi connectivity index (χ1v) is 11.4. The van der Waals surface area contributed by atoms with Crippen molar-refractivity contribution in [3.63, 3.8) is 0 Å². The number of ether oxygens (including phenoxy) is 3. The summed E-state index contributed by atoms with van der Waals surface area (Å²) in [7, 11) is -3.53. The number of hydrogen-bond acceptors (Lipinski definition) is 6. The van der Waals surface area contributed by atoms with Crippen LogP contribution in [-0.4, -0.2) is 51.1 Å². The molecule has 160 valence electrons. The highest BCUT2D eigenvalue weighted by atomic mass is 32.2. The van der Waals surface area contributed by atoms with Crippen LogP contribution in [0.2, 0.25) is 0 Å². The molecule has 4 rings (SSSR count). The zero-order chi connectivity index (χ0) is 21.0. The van der Waals surface area contributed by atoms with Gasteiger partial charge in [-0.3, -0.25) is 0 Å². The van der Waals surface area contributed by atoms with Crippen LogP contribution in [-0.2, 0) is 27.8 Å². The Morgan fingerprint density at radius 3 is 2.73 bits per heavy atom. The van der Waals surface area contributed by atoms with Gasteiger partial charge in [0.25, 0.3) is 0 Å². The fourth-order valence-electron chi connectivity index (χ4n) is 3.51. The lowest BCUT2D eigenvalue weighted by molar-refractivity contribution is 0.104. The van der Waals surface area contributed by atoms with Crippen LogP contribution in [0.4, 0.5) is 4.79 Å². The second-order valence-electron chi connectivity index (χ2n) is 7.27. The van der Waals surface area contributed by atoms with Gasteiger partial charge in [0.05, 0.1) is 5.25 Å². The van der Waals surface area contributed by atoms with Crippen LogP contribution in [0, 0.1) is 0 Å². The number of amides is 1. The van der Waals surface area contributed by atoms with Gasteiger partial charge in [0.1, 0.15) is 6.61 Å². The molecule has 1 unspecified atom stereocenters. The van der Waals surface area contributed by atoms with Crippen LogP contribution >= 0.6 is 0 Å². The van der Waals surface area contributed by atoms with Gasteiger partial charge in [0.15, 0.2) is 11.5 Å². The standard InChI is InChI=1S/C21H24N2O6S/c24-21(27-14-17-4-2-1-3-5-17)23-11-9-18(13-23)30(25,26)22-10-8-16-6-7-19-20(12-16)29-15-28-19/h1-7,12,18,22H,8-11,13-15H2. The molecule has 1 amide bonds. The van der Waals surface area contributed by atoms with E-state index >= 15 is 0 Å². The molecule has 1 fully saturated rings. The molecule has 0 aliphatic carbocycles. The molecule has 2 aliphatic heterocycles. The highest BCUT2D eigenvalue weighted by Crippen LogP contribution is 2.32. The van der Waals surface area contributed by atoms with Gasteiger partial charge in [-0.25, -0.2) is 17.9 Å². The molecule has 2 heterocycles. The Hall–Kier alpha value is -2.78. The van der Waals surface area contributed by atoms with Crippen molar-refractivity contribution >= 4 is 16.1 Å². The molecule has 2 aliphatic rings. The first kappa shape index (κ1) is 20.5. The molecule has 0 aromatic heterocycles. The maximum atomic E-state index is 12.6. The summed E-state index contributed by atoms with van der Waals surface area (Å²) in [6.45, 7) is 1.14. The number of fused-ring (bicyclic) bond motifs is 1. The average Bonchev–Trinajstić information content (AvgIpc) is 3.42. The van der Waals surface area contributed by atoms with Crippen LogP contribution in [0.15, 0.2) is 48.5 Å². The van der Waals surface area contributed by atoms with E-state index in [-0.39, 0.29) is 26.5 Å². The van der Waals surface area contributed by atoms with Crippen molar-refractivity contribution in [1.29, 1.82) is 0 Å². The van der Waals surface area contributed by atoms with Crippen molar-refractivity contribution in [1.82, 2.24) is 9.62 Å². The van der Waals surface area contributed by atoms with Gasteiger partial charge in [0, 0.05) is 19.6 Å². The second kappa shape index (κ2) is 8.93. The number of carbonyl (C=O) groups is 1. The van der Waals surface area contributed by atoms with E-state index in [9.17, 15) is 13.2 Å². The molecule has 1 N–H and O–H groups in total. The van der Waals surface area contributed by atoms with Crippen LogP contribution < -0.4 is 14.2 Å². The molecule has 2 aromatic carbocycles. The summed E-state index contributed by atoms with van der Waals surface area (Å²) >= 11 is 0. The van der Waals surface area contributed by atoms with Gasteiger partial charge in [-0.2, -0.15) is 0 Å². The third-order valence-electron chi connectivity index (χ3n) is 5.20. The molecule has 1 atom stereocenters. The number of hydrogen-bond donors (Lipinski definition) is 1. The van der Waals surface area contributed by atoms with E-state index in [0.717, 1.165) is 11.1 Å². The van der Waals surface area contributed by atoms with Crippen LogP contribution in [0.3, 0.4) is 0 Å². The lowest BCUT2D eigenvalue weighted by Gasteiger charge is -2.17. The Bertz CT molecular complexity index is 996. The number of nitrogens with zero attached hydrogens (tertiary/aromatic N) is 1. The van der Waals surface area contributed by atoms with Crippen molar-refractivity contribution in [3.8, 4) is 11.5 Å². The van der Waals surface area contributed by atoms with E-state index < -0.39 is 21.4 Å². The Kier molecular flexibility index (Phi) is 6.10. The van der Waals surface area contributed by atoms with E-state index in [2.05, 4.69) is 4.72 Å². The van der Waals surface area contributed by atoms with Crippen molar-refractivity contribution in [2.24, 2.45) is 0 Å². The number of benzene rings is 2. The summed E-state index contributed by atoms with van der Waals surface area (Å²) in [6.07, 6.45) is 0.433. The molecule has 30 heavy (non-hydrogen) atoms. The van der Waals surface area contributed by atoms with Crippen molar-refractivity contribution in [2.45, 2.75) is 24.7 Å². The summed E-state index contributed by atoms with van der Waals surface area (Å²) in [6, 6.07) is 14.9. The maximum absolute atomic E-state index is 12.6. The molecule has 8 nitrogen and oxygen atoms in total. The molecule has 0 radical (unpaired) electrons. The fourth-order valence-corrected chi connectivity index (χ4v) is 4.92. The normalized spacial score (nSPS) is 17.9. The van der Waals surface area contributed by atoms with Crippen molar-refractivity contribution < 1.29 is 27.4 Å². The van der Waals surface area contributed by atoms with Crippen LogP contribution in [0.25, 0.3) is 0 Å². The lowest BCUT2D eigenvalue weighted by Crippen LogP contribution is -2.38. The molecule has 1 saturated heterocycles. The molecule has 0 saturated carbocycles. The second-order valence-corrected chi connectivity index (χ2v) is 9.32. The number of likely N-dealkylation sites (tertiary alicyclic amines) is 1.